The Labute approximate surface area is 178 Å². The van der Waals surface area contributed by atoms with Crippen molar-refractivity contribution in [2.75, 3.05) is 19.8 Å². The second-order valence-electron chi connectivity index (χ2n) is 7.26. The van der Waals surface area contributed by atoms with Crippen molar-refractivity contribution >= 4 is 17.9 Å². The van der Waals surface area contributed by atoms with Crippen LogP contribution in [0.5, 0.6) is 0 Å². The molecule has 9 nitrogen and oxygen atoms in total. The zero-order valence-corrected chi connectivity index (χ0v) is 18.4. The maximum atomic E-state index is 12.2. The molecule has 0 saturated carbocycles. The highest BCUT2D eigenvalue weighted by atomic mass is 16.7. The summed E-state index contributed by atoms with van der Waals surface area (Å²) in [4.78, 5) is 36.5. The maximum absolute atomic E-state index is 12.2. The molecule has 30 heavy (non-hydrogen) atoms. The van der Waals surface area contributed by atoms with E-state index in [1.165, 1.54) is 0 Å². The lowest BCUT2D eigenvalue weighted by atomic mass is 10.0. The second-order valence-corrected chi connectivity index (χ2v) is 7.26. The largest absolute Gasteiger partial charge is 0.456 e. The van der Waals surface area contributed by atoms with Crippen LogP contribution in [0.25, 0.3) is 0 Å². The minimum atomic E-state index is -1.03. The number of carbonyl (C=O) groups excluding carboxylic acids is 3. The monoisotopic (exact) mass is 431 g/mol. The Bertz CT molecular complexity index is 527. The number of carbonyl (C=O) groups is 3. The van der Waals surface area contributed by atoms with Gasteiger partial charge < -0.3 is 29.4 Å². The number of rotatable bonds is 14. The molecule has 0 spiro atoms. The van der Waals surface area contributed by atoms with Crippen LogP contribution in [0.15, 0.2) is 0 Å². The van der Waals surface area contributed by atoms with Gasteiger partial charge in [0.2, 0.25) is 0 Å². The van der Waals surface area contributed by atoms with Crippen LogP contribution in [0, 0.1) is 0 Å². The molecule has 2 N–H and O–H groups in total. The fourth-order valence-corrected chi connectivity index (χ4v) is 2.96. The first kappa shape index (κ1) is 26.3. The topological polar surface area (TPSA) is 123 Å². The highest BCUT2D eigenvalue weighted by molar-refractivity contribution is 5.71. The summed E-state index contributed by atoms with van der Waals surface area (Å²) in [5.74, 6) is -1.35. The molecule has 1 unspecified atom stereocenters. The Kier molecular flexibility index (Phi) is 13.3. The molecule has 0 bridgehead atoms. The molecule has 1 fully saturated rings. The Morgan fingerprint density at radius 2 is 1.37 bits per heavy atom. The highest BCUT2D eigenvalue weighted by Crippen LogP contribution is 2.26. The molecule has 0 aromatic rings. The van der Waals surface area contributed by atoms with Gasteiger partial charge in [0.1, 0.15) is 0 Å². The van der Waals surface area contributed by atoms with Gasteiger partial charge in [-0.3, -0.25) is 14.4 Å². The van der Waals surface area contributed by atoms with Crippen LogP contribution in [0.4, 0.5) is 0 Å². The highest BCUT2D eigenvalue weighted by Gasteiger charge is 2.48. The second kappa shape index (κ2) is 15.1. The molecular formula is C21H37NO8. The van der Waals surface area contributed by atoms with Crippen molar-refractivity contribution in [1.82, 2.24) is 0 Å². The Morgan fingerprint density at radius 3 is 1.90 bits per heavy atom. The van der Waals surface area contributed by atoms with Gasteiger partial charge in [0.25, 0.3) is 0 Å². The summed E-state index contributed by atoms with van der Waals surface area (Å²) in [6, 6.07) is 0. The third-order valence-electron chi connectivity index (χ3n) is 4.44. The maximum Gasteiger partial charge on any atom is 0.306 e. The summed E-state index contributed by atoms with van der Waals surface area (Å²) in [6.45, 7) is 6.43. The van der Waals surface area contributed by atoms with Gasteiger partial charge in [-0.2, -0.15) is 0 Å². The van der Waals surface area contributed by atoms with Gasteiger partial charge >= 0.3 is 17.9 Å². The molecule has 1 saturated heterocycles. The fourth-order valence-electron chi connectivity index (χ4n) is 2.96. The van der Waals surface area contributed by atoms with E-state index in [0.29, 0.717) is 38.8 Å². The number of hydrogen-bond acceptors (Lipinski definition) is 9. The van der Waals surface area contributed by atoms with Crippen LogP contribution >= 0.6 is 0 Å². The van der Waals surface area contributed by atoms with Gasteiger partial charge in [-0.15, -0.1) is 0 Å². The average molecular weight is 432 g/mol. The van der Waals surface area contributed by atoms with E-state index in [1.54, 1.807) is 0 Å². The Morgan fingerprint density at radius 1 is 0.833 bits per heavy atom. The van der Waals surface area contributed by atoms with E-state index in [-0.39, 0.29) is 25.9 Å². The predicted octanol–water partition coefficient (Wildman–Crippen LogP) is 2.23. The van der Waals surface area contributed by atoms with Crippen molar-refractivity contribution in [3.8, 4) is 0 Å². The van der Waals surface area contributed by atoms with Crippen molar-refractivity contribution < 1.29 is 38.1 Å². The van der Waals surface area contributed by atoms with E-state index < -0.39 is 42.5 Å². The number of esters is 3. The molecule has 9 heteroatoms. The first-order valence-corrected chi connectivity index (χ1v) is 11.0. The van der Waals surface area contributed by atoms with Gasteiger partial charge in [-0.05, 0) is 38.6 Å². The van der Waals surface area contributed by atoms with E-state index in [1.807, 2.05) is 20.8 Å². The molecule has 1 heterocycles. The molecule has 0 radical (unpaired) electrons. The van der Waals surface area contributed by atoms with Crippen molar-refractivity contribution in [1.29, 1.82) is 0 Å². The first-order chi connectivity index (χ1) is 14.5. The first-order valence-electron chi connectivity index (χ1n) is 11.0. The van der Waals surface area contributed by atoms with E-state index in [9.17, 15) is 14.4 Å². The van der Waals surface area contributed by atoms with Gasteiger partial charge in [0.15, 0.2) is 24.6 Å². The van der Waals surface area contributed by atoms with Gasteiger partial charge in [-0.1, -0.05) is 20.8 Å². The van der Waals surface area contributed by atoms with E-state index >= 15 is 0 Å². The quantitative estimate of drug-likeness (QED) is 0.250. The number of nitrogens with two attached hydrogens (primary N) is 1. The van der Waals surface area contributed by atoms with Gasteiger partial charge in [0, 0.05) is 25.9 Å². The van der Waals surface area contributed by atoms with Crippen molar-refractivity contribution in [3.63, 3.8) is 0 Å². The summed E-state index contributed by atoms with van der Waals surface area (Å²) < 4.78 is 28.1. The van der Waals surface area contributed by atoms with Gasteiger partial charge in [-0.25, -0.2) is 0 Å². The summed E-state index contributed by atoms with van der Waals surface area (Å²) in [5, 5.41) is 0. The summed E-state index contributed by atoms with van der Waals surface area (Å²) in [5.41, 5.74) is 5.51. The molecule has 1 rings (SSSR count). The van der Waals surface area contributed by atoms with Crippen molar-refractivity contribution in [2.24, 2.45) is 5.73 Å². The molecule has 0 aliphatic carbocycles. The zero-order valence-electron chi connectivity index (χ0n) is 18.4. The summed E-state index contributed by atoms with van der Waals surface area (Å²) in [6.07, 6.45) is 0.0924. The van der Waals surface area contributed by atoms with Crippen molar-refractivity contribution in [3.05, 3.63) is 0 Å². The Balaban J connectivity index is 3.02. The average Bonchev–Trinajstić information content (AvgIpc) is 2.69. The Hall–Kier alpha value is -1.71. The minimum Gasteiger partial charge on any atom is -0.456 e. The van der Waals surface area contributed by atoms with Crippen LogP contribution in [0.3, 0.4) is 0 Å². The predicted molar refractivity (Wildman–Crippen MR) is 108 cm³/mol. The molecule has 4 atom stereocenters. The van der Waals surface area contributed by atoms with Gasteiger partial charge in [0.05, 0.1) is 6.61 Å². The lowest BCUT2D eigenvalue weighted by molar-refractivity contribution is -0.282. The van der Waals surface area contributed by atoms with Crippen LogP contribution in [0.1, 0.15) is 72.1 Å². The van der Waals surface area contributed by atoms with Crippen LogP contribution in [0.2, 0.25) is 0 Å². The third kappa shape index (κ3) is 9.40. The number of ether oxygens (including phenoxy) is 5. The lowest BCUT2D eigenvalue weighted by Crippen LogP contribution is -2.58. The fraction of sp³-hybridized carbons (Fsp3) is 0.857. The molecule has 1 aliphatic rings. The summed E-state index contributed by atoms with van der Waals surface area (Å²) >= 11 is 0. The lowest BCUT2D eigenvalue weighted by Gasteiger charge is -2.40. The van der Waals surface area contributed by atoms with E-state index in [0.717, 1.165) is 6.42 Å². The van der Waals surface area contributed by atoms with Crippen LogP contribution < -0.4 is 5.73 Å². The zero-order chi connectivity index (χ0) is 22.4. The normalized spacial score (nSPS) is 23.6. The standard InChI is InChI=1S/C21H37NO8/c1-4-9-16(23)28-15-14-27-21(26-13-8-7-12-22)20(30-18(25)11-6-3)19(15)29-17(24)10-5-2/h15,19-21H,4-14,22H2,1-3H3/t15-,19+,20-,21?/m1/s1. The van der Waals surface area contributed by atoms with E-state index in [2.05, 4.69) is 0 Å². The minimum absolute atomic E-state index is 0.0249. The summed E-state index contributed by atoms with van der Waals surface area (Å²) in [7, 11) is 0. The van der Waals surface area contributed by atoms with E-state index in [4.69, 9.17) is 29.4 Å². The smallest absolute Gasteiger partial charge is 0.306 e. The van der Waals surface area contributed by atoms with Crippen LogP contribution in [-0.4, -0.2) is 62.3 Å². The molecule has 1 aliphatic heterocycles. The van der Waals surface area contributed by atoms with Crippen LogP contribution in [-0.2, 0) is 38.1 Å². The third-order valence-corrected chi connectivity index (χ3v) is 4.44. The molecule has 0 aromatic heterocycles. The van der Waals surface area contributed by atoms with Crippen molar-refractivity contribution in [2.45, 2.75) is 96.7 Å². The molecule has 174 valence electrons. The number of unbranched alkanes of at least 4 members (excludes halogenated alkanes) is 1. The SMILES string of the molecule is CCCC(=O)O[C@H]1[C@H](OC(=O)CCC)COC(OCCCCN)[C@@H]1OC(=O)CCC. The molecular weight excluding hydrogens is 394 g/mol. The number of hydrogen-bond donors (Lipinski definition) is 1. The molecule has 0 amide bonds. The molecule has 0 aromatic carbocycles.